The molecule has 6 nitrogen and oxygen atoms in total. The van der Waals surface area contributed by atoms with Crippen molar-refractivity contribution in [1.29, 1.82) is 0 Å². The molecule has 144 valence electrons. The zero-order chi connectivity index (χ0) is 19.9. The third-order valence-electron chi connectivity index (χ3n) is 4.33. The van der Waals surface area contributed by atoms with Crippen LogP contribution in [0.1, 0.15) is 23.0 Å². The molecule has 2 aromatic carbocycles. The van der Waals surface area contributed by atoms with Crippen LogP contribution in [0.15, 0.2) is 60.8 Å². The summed E-state index contributed by atoms with van der Waals surface area (Å²) in [5.74, 6) is 0.837. The van der Waals surface area contributed by atoms with E-state index in [1.165, 1.54) is 5.56 Å². The molecule has 3 aromatic rings. The highest BCUT2D eigenvalue weighted by Gasteiger charge is 2.13. The van der Waals surface area contributed by atoms with Gasteiger partial charge in [-0.1, -0.05) is 25.1 Å². The monoisotopic (exact) mass is 377 g/mol. The van der Waals surface area contributed by atoms with Gasteiger partial charge in [0.2, 0.25) is 0 Å². The Balaban J connectivity index is 1.79. The van der Waals surface area contributed by atoms with E-state index in [9.17, 15) is 4.79 Å². The Morgan fingerprint density at radius 2 is 1.82 bits per heavy atom. The van der Waals surface area contributed by atoms with Gasteiger partial charge in [-0.05, 0) is 42.3 Å². The molecule has 28 heavy (non-hydrogen) atoms. The number of para-hydroxylation sites is 1. The summed E-state index contributed by atoms with van der Waals surface area (Å²) in [5.41, 5.74) is 3.86. The molecule has 0 saturated heterocycles. The fourth-order valence-corrected chi connectivity index (χ4v) is 2.83. The smallest absolute Gasteiger partial charge is 0.274 e. The van der Waals surface area contributed by atoms with Crippen LogP contribution in [0, 0.1) is 0 Å². The highest BCUT2D eigenvalue weighted by atomic mass is 16.5. The first kappa shape index (κ1) is 19.2. The Labute approximate surface area is 164 Å². The summed E-state index contributed by atoms with van der Waals surface area (Å²) >= 11 is 0. The lowest BCUT2D eigenvalue weighted by atomic mass is 10.1. The van der Waals surface area contributed by atoms with Crippen LogP contribution in [0.5, 0.6) is 11.5 Å². The number of nitrogens with zero attached hydrogens (tertiary/aromatic N) is 1. The Morgan fingerprint density at radius 1 is 1.00 bits per heavy atom. The fraction of sp³-hybridized carbons (Fsp3) is 0.182. The topological polar surface area (TPSA) is 72.5 Å². The molecule has 0 radical (unpaired) electrons. The van der Waals surface area contributed by atoms with Crippen molar-refractivity contribution in [1.82, 2.24) is 4.98 Å². The van der Waals surface area contributed by atoms with E-state index in [0.29, 0.717) is 22.9 Å². The van der Waals surface area contributed by atoms with Gasteiger partial charge in [0, 0.05) is 23.6 Å². The summed E-state index contributed by atoms with van der Waals surface area (Å²) in [6.45, 7) is 2.11. The highest BCUT2D eigenvalue weighted by molar-refractivity contribution is 6.04. The van der Waals surface area contributed by atoms with Gasteiger partial charge in [0.15, 0.2) is 0 Å². The van der Waals surface area contributed by atoms with Crippen molar-refractivity contribution in [3.8, 4) is 11.5 Å². The third-order valence-corrected chi connectivity index (χ3v) is 4.33. The standard InChI is InChI=1S/C22H23N3O3/c1-4-15-7-5-6-8-18(15)24-16-11-12-23-20(13-16)22(26)25-19-10-9-17(27-2)14-21(19)28-3/h5-14H,4H2,1-3H3,(H,23,24)(H,25,26). The third kappa shape index (κ3) is 4.40. The summed E-state index contributed by atoms with van der Waals surface area (Å²) in [5, 5.41) is 6.19. The number of benzene rings is 2. The van der Waals surface area contributed by atoms with Gasteiger partial charge in [-0.25, -0.2) is 0 Å². The van der Waals surface area contributed by atoms with Crippen LogP contribution >= 0.6 is 0 Å². The number of aryl methyl sites for hydroxylation is 1. The Hall–Kier alpha value is -3.54. The molecule has 2 N–H and O–H groups in total. The van der Waals surface area contributed by atoms with Crippen molar-refractivity contribution in [3.05, 3.63) is 72.1 Å². The van der Waals surface area contributed by atoms with E-state index < -0.39 is 0 Å². The van der Waals surface area contributed by atoms with Crippen molar-refractivity contribution in [2.24, 2.45) is 0 Å². The molecule has 0 bridgehead atoms. The van der Waals surface area contributed by atoms with E-state index in [-0.39, 0.29) is 5.91 Å². The predicted molar refractivity (Wildman–Crippen MR) is 111 cm³/mol. The van der Waals surface area contributed by atoms with Crippen molar-refractivity contribution >= 4 is 23.0 Å². The number of anilines is 3. The number of nitrogens with one attached hydrogen (secondary N) is 2. The predicted octanol–water partition coefficient (Wildman–Crippen LogP) is 4.66. The molecule has 0 aliphatic rings. The SMILES string of the molecule is CCc1ccccc1Nc1ccnc(C(=O)Nc2ccc(OC)cc2OC)c1. The van der Waals surface area contributed by atoms with Crippen LogP contribution in [0.3, 0.4) is 0 Å². The molecule has 0 aliphatic heterocycles. The molecular formula is C22H23N3O3. The zero-order valence-corrected chi connectivity index (χ0v) is 16.2. The van der Waals surface area contributed by atoms with Crippen LogP contribution in [0.4, 0.5) is 17.1 Å². The zero-order valence-electron chi connectivity index (χ0n) is 16.2. The van der Waals surface area contributed by atoms with Crippen molar-refractivity contribution < 1.29 is 14.3 Å². The molecule has 1 amide bonds. The number of pyridine rings is 1. The number of ether oxygens (including phenoxy) is 2. The van der Waals surface area contributed by atoms with Gasteiger partial charge in [-0.2, -0.15) is 0 Å². The van der Waals surface area contributed by atoms with Gasteiger partial charge in [-0.15, -0.1) is 0 Å². The molecule has 3 rings (SSSR count). The van der Waals surface area contributed by atoms with Crippen molar-refractivity contribution in [2.45, 2.75) is 13.3 Å². The van der Waals surface area contributed by atoms with E-state index in [2.05, 4.69) is 28.6 Å². The number of hydrogen-bond acceptors (Lipinski definition) is 5. The minimum Gasteiger partial charge on any atom is -0.497 e. The number of carbonyl (C=O) groups excluding carboxylic acids is 1. The number of aromatic nitrogens is 1. The Bertz CT molecular complexity index is 973. The molecule has 0 aliphatic carbocycles. The van der Waals surface area contributed by atoms with E-state index in [0.717, 1.165) is 17.8 Å². The molecule has 6 heteroatoms. The minimum absolute atomic E-state index is 0.303. The van der Waals surface area contributed by atoms with Crippen LogP contribution in [-0.2, 0) is 6.42 Å². The molecule has 1 aromatic heterocycles. The molecule has 0 spiro atoms. The van der Waals surface area contributed by atoms with Gasteiger partial charge >= 0.3 is 0 Å². The minimum atomic E-state index is -0.323. The molecule has 0 unspecified atom stereocenters. The van der Waals surface area contributed by atoms with Gasteiger partial charge in [-0.3, -0.25) is 9.78 Å². The second-order valence-electron chi connectivity index (χ2n) is 6.09. The molecule has 0 saturated carbocycles. The largest absolute Gasteiger partial charge is 0.497 e. The van der Waals surface area contributed by atoms with Crippen molar-refractivity contribution in [3.63, 3.8) is 0 Å². The summed E-state index contributed by atoms with van der Waals surface area (Å²) < 4.78 is 10.5. The first-order chi connectivity index (χ1) is 13.6. The highest BCUT2D eigenvalue weighted by Crippen LogP contribution is 2.29. The molecule has 0 atom stereocenters. The summed E-state index contributed by atoms with van der Waals surface area (Å²) in [7, 11) is 3.12. The van der Waals surface area contributed by atoms with E-state index in [1.807, 2.05) is 24.3 Å². The second kappa shape index (κ2) is 8.90. The second-order valence-corrected chi connectivity index (χ2v) is 6.09. The van der Waals surface area contributed by atoms with E-state index >= 15 is 0 Å². The van der Waals surface area contributed by atoms with Crippen LogP contribution in [-0.4, -0.2) is 25.1 Å². The number of methoxy groups -OCH3 is 2. The molecule has 0 fully saturated rings. The number of rotatable bonds is 7. The van der Waals surface area contributed by atoms with Gasteiger partial charge in [0.1, 0.15) is 17.2 Å². The lowest BCUT2D eigenvalue weighted by Gasteiger charge is -2.13. The first-order valence-electron chi connectivity index (χ1n) is 8.99. The van der Waals surface area contributed by atoms with Crippen LogP contribution in [0.2, 0.25) is 0 Å². The average Bonchev–Trinajstić information content (AvgIpc) is 2.74. The summed E-state index contributed by atoms with van der Waals surface area (Å²) in [6, 6.07) is 16.8. The first-order valence-corrected chi connectivity index (χ1v) is 8.99. The van der Waals surface area contributed by atoms with Gasteiger partial charge < -0.3 is 20.1 Å². The average molecular weight is 377 g/mol. The maximum Gasteiger partial charge on any atom is 0.274 e. The fourth-order valence-electron chi connectivity index (χ4n) is 2.83. The number of amides is 1. The lowest BCUT2D eigenvalue weighted by molar-refractivity contribution is 0.102. The lowest BCUT2D eigenvalue weighted by Crippen LogP contribution is -2.14. The van der Waals surface area contributed by atoms with Crippen LogP contribution < -0.4 is 20.1 Å². The Morgan fingerprint density at radius 3 is 2.57 bits per heavy atom. The van der Waals surface area contributed by atoms with E-state index in [4.69, 9.17) is 9.47 Å². The maximum atomic E-state index is 12.7. The van der Waals surface area contributed by atoms with Crippen molar-refractivity contribution in [2.75, 3.05) is 24.9 Å². The number of hydrogen-bond donors (Lipinski definition) is 2. The molecular weight excluding hydrogens is 354 g/mol. The summed E-state index contributed by atoms with van der Waals surface area (Å²) in [4.78, 5) is 16.9. The van der Waals surface area contributed by atoms with E-state index in [1.54, 1.807) is 44.7 Å². The van der Waals surface area contributed by atoms with Gasteiger partial charge in [0.25, 0.3) is 5.91 Å². The summed E-state index contributed by atoms with van der Waals surface area (Å²) in [6.07, 6.45) is 2.52. The molecule has 1 heterocycles. The Kier molecular flexibility index (Phi) is 6.11. The van der Waals surface area contributed by atoms with Gasteiger partial charge in [0.05, 0.1) is 19.9 Å². The quantitative estimate of drug-likeness (QED) is 0.627. The normalized spacial score (nSPS) is 10.2. The number of carbonyl (C=O) groups is 1. The van der Waals surface area contributed by atoms with Crippen LogP contribution in [0.25, 0.3) is 0 Å². The maximum absolute atomic E-state index is 12.7.